The molecule has 0 unspecified atom stereocenters. The van der Waals surface area contributed by atoms with Crippen LogP contribution >= 0.6 is 15.9 Å². The van der Waals surface area contributed by atoms with Gasteiger partial charge in [-0.1, -0.05) is 0 Å². The molecule has 5 heteroatoms. The van der Waals surface area contributed by atoms with Gasteiger partial charge < -0.3 is 10.2 Å². The zero-order valence-electron chi connectivity index (χ0n) is 8.71. The van der Waals surface area contributed by atoms with Gasteiger partial charge in [0.1, 0.15) is 11.6 Å². The Labute approximate surface area is 92.9 Å². The van der Waals surface area contributed by atoms with E-state index in [1.165, 1.54) is 0 Å². The molecule has 0 aromatic carbocycles. The van der Waals surface area contributed by atoms with E-state index in [0.29, 0.717) is 0 Å². The lowest BCUT2D eigenvalue weighted by Gasteiger charge is -2.10. The summed E-state index contributed by atoms with van der Waals surface area (Å²) < 4.78 is 0.904. The molecule has 0 aliphatic rings. The molecule has 1 heterocycles. The third kappa shape index (κ3) is 3.23. The van der Waals surface area contributed by atoms with E-state index in [2.05, 4.69) is 31.2 Å². The largest absolute Gasteiger partial charge is 0.369 e. The maximum absolute atomic E-state index is 4.39. The molecule has 1 aromatic heterocycles. The van der Waals surface area contributed by atoms with Crippen molar-refractivity contribution in [2.75, 3.05) is 26.0 Å². The lowest BCUT2D eigenvalue weighted by Crippen LogP contribution is -2.14. The molecule has 14 heavy (non-hydrogen) atoms. The highest BCUT2D eigenvalue weighted by molar-refractivity contribution is 9.10. The first-order chi connectivity index (χ1) is 6.63. The van der Waals surface area contributed by atoms with Gasteiger partial charge in [0.25, 0.3) is 0 Å². The van der Waals surface area contributed by atoms with Gasteiger partial charge >= 0.3 is 0 Å². The van der Waals surface area contributed by atoms with Gasteiger partial charge in [-0.05, 0) is 36.9 Å². The smallest absolute Gasteiger partial charge is 0.144 e. The molecule has 4 nitrogen and oxygen atoms in total. The highest BCUT2D eigenvalue weighted by Crippen LogP contribution is 2.18. The van der Waals surface area contributed by atoms with E-state index in [-0.39, 0.29) is 0 Å². The standard InChI is InChI=1S/C9H15BrN4/c1-4-11-9-7(10)5-12-8(13-9)6-14(2)3/h5H,4,6H2,1-3H3,(H,11,12,13). The molecule has 0 aliphatic carbocycles. The van der Waals surface area contributed by atoms with Crippen LogP contribution < -0.4 is 5.32 Å². The second kappa shape index (κ2) is 5.26. The van der Waals surface area contributed by atoms with Gasteiger partial charge in [-0.3, -0.25) is 0 Å². The van der Waals surface area contributed by atoms with Gasteiger partial charge in [0.2, 0.25) is 0 Å². The monoisotopic (exact) mass is 258 g/mol. The summed E-state index contributed by atoms with van der Waals surface area (Å²) in [5, 5.41) is 3.17. The van der Waals surface area contributed by atoms with Crippen LogP contribution in [-0.4, -0.2) is 35.5 Å². The number of hydrogen-bond acceptors (Lipinski definition) is 4. The van der Waals surface area contributed by atoms with E-state index < -0.39 is 0 Å². The third-order valence-electron chi connectivity index (χ3n) is 1.60. The van der Waals surface area contributed by atoms with E-state index in [0.717, 1.165) is 29.2 Å². The lowest BCUT2D eigenvalue weighted by atomic mass is 10.5. The highest BCUT2D eigenvalue weighted by atomic mass is 79.9. The van der Waals surface area contributed by atoms with Crippen LogP contribution in [-0.2, 0) is 6.54 Å². The molecule has 0 radical (unpaired) electrons. The Morgan fingerprint density at radius 2 is 2.21 bits per heavy atom. The van der Waals surface area contributed by atoms with E-state index >= 15 is 0 Å². The molecule has 1 N–H and O–H groups in total. The minimum absolute atomic E-state index is 0.756. The molecular formula is C9H15BrN4. The van der Waals surface area contributed by atoms with Crippen LogP contribution in [0.5, 0.6) is 0 Å². The summed E-state index contributed by atoms with van der Waals surface area (Å²) in [6.45, 7) is 3.66. The number of aromatic nitrogens is 2. The van der Waals surface area contributed by atoms with Crippen molar-refractivity contribution < 1.29 is 0 Å². The van der Waals surface area contributed by atoms with E-state index in [4.69, 9.17) is 0 Å². The van der Waals surface area contributed by atoms with Gasteiger partial charge in [0, 0.05) is 12.7 Å². The zero-order valence-corrected chi connectivity index (χ0v) is 10.3. The quantitative estimate of drug-likeness (QED) is 0.894. The van der Waals surface area contributed by atoms with Gasteiger partial charge in [0.15, 0.2) is 0 Å². The molecule has 0 fully saturated rings. The van der Waals surface area contributed by atoms with Crippen molar-refractivity contribution in [3.8, 4) is 0 Å². The Morgan fingerprint density at radius 3 is 2.79 bits per heavy atom. The maximum atomic E-state index is 4.39. The van der Waals surface area contributed by atoms with Crippen molar-refractivity contribution in [2.24, 2.45) is 0 Å². The van der Waals surface area contributed by atoms with Crippen LogP contribution in [0.15, 0.2) is 10.7 Å². The highest BCUT2D eigenvalue weighted by Gasteiger charge is 2.04. The first-order valence-corrected chi connectivity index (χ1v) is 5.32. The van der Waals surface area contributed by atoms with Gasteiger partial charge in [-0.15, -0.1) is 0 Å². The van der Waals surface area contributed by atoms with Crippen molar-refractivity contribution in [3.63, 3.8) is 0 Å². The van der Waals surface area contributed by atoms with Crippen LogP contribution in [0.3, 0.4) is 0 Å². The van der Waals surface area contributed by atoms with Gasteiger partial charge in [-0.25, -0.2) is 9.97 Å². The number of nitrogens with zero attached hydrogens (tertiary/aromatic N) is 3. The Hall–Kier alpha value is -0.680. The molecule has 0 saturated heterocycles. The fraction of sp³-hybridized carbons (Fsp3) is 0.556. The third-order valence-corrected chi connectivity index (χ3v) is 2.18. The number of halogens is 1. The summed E-state index contributed by atoms with van der Waals surface area (Å²) in [7, 11) is 4.00. The second-order valence-electron chi connectivity index (χ2n) is 3.25. The normalized spacial score (nSPS) is 10.6. The number of rotatable bonds is 4. The maximum Gasteiger partial charge on any atom is 0.144 e. The number of nitrogens with one attached hydrogen (secondary N) is 1. The molecule has 1 aromatic rings. The van der Waals surface area contributed by atoms with E-state index in [1.54, 1.807) is 6.20 Å². The molecule has 0 bridgehead atoms. The average molecular weight is 259 g/mol. The summed E-state index contributed by atoms with van der Waals surface area (Å²) in [4.78, 5) is 10.7. The minimum atomic E-state index is 0.756. The average Bonchev–Trinajstić information content (AvgIpc) is 2.10. The lowest BCUT2D eigenvalue weighted by molar-refractivity contribution is 0.390. The summed E-state index contributed by atoms with van der Waals surface area (Å²) in [6, 6.07) is 0. The van der Waals surface area contributed by atoms with Crippen molar-refractivity contribution in [1.82, 2.24) is 14.9 Å². The van der Waals surface area contributed by atoms with Gasteiger partial charge in [-0.2, -0.15) is 0 Å². The first-order valence-electron chi connectivity index (χ1n) is 4.53. The van der Waals surface area contributed by atoms with Crippen LogP contribution in [0.2, 0.25) is 0 Å². The first kappa shape index (κ1) is 11.4. The van der Waals surface area contributed by atoms with Crippen LogP contribution in [0.1, 0.15) is 12.7 Å². The predicted octanol–water partition coefficient (Wildman–Crippen LogP) is 1.73. The van der Waals surface area contributed by atoms with Crippen LogP contribution in [0, 0.1) is 0 Å². The Morgan fingerprint density at radius 1 is 1.50 bits per heavy atom. The van der Waals surface area contributed by atoms with Crippen molar-refractivity contribution in [1.29, 1.82) is 0 Å². The Balaban J connectivity index is 2.83. The van der Waals surface area contributed by atoms with Crippen LogP contribution in [0.25, 0.3) is 0 Å². The predicted molar refractivity (Wildman–Crippen MR) is 61.3 cm³/mol. The molecule has 78 valence electrons. The number of hydrogen-bond donors (Lipinski definition) is 1. The fourth-order valence-electron chi connectivity index (χ4n) is 1.05. The van der Waals surface area contributed by atoms with Gasteiger partial charge in [0.05, 0.1) is 11.0 Å². The van der Waals surface area contributed by atoms with E-state index in [1.807, 2.05) is 25.9 Å². The molecule has 0 saturated carbocycles. The van der Waals surface area contributed by atoms with Crippen LogP contribution in [0.4, 0.5) is 5.82 Å². The zero-order chi connectivity index (χ0) is 10.6. The van der Waals surface area contributed by atoms with E-state index in [9.17, 15) is 0 Å². The molecule has 1 rings (SSSR count). The Kier molecular flexibility index (Phi) is 4.28. The fourth-order valence-corrected chi connectivity index (χ4v) is 1.39. The SMILES string of the molecule is CCNc1nc(CN(C)C)ncc1Br. The molecular weight excluding hydrogens is 244 g/mol. The summed E-state index contributed by atoms with van der Waals surface area (Å²) in [5.41, 5.74) is 0. The summed E-state index contributed by atoms with van der Waals surface area (Å²) in [5.74, 6) is 1.69. The molecule has 0 amide bonds. The van der Waals surface area contributed by atoms with Crippen molar-refractivity contribution >= 4 is 21.7 Å². The Bertz CT molecular complexity index is 301. The topological polar surface area (TPSA) is 41.1 Å². The summed E-state index contributed by atoms with van der Waals surface area (Å²) >= 11 is 3.40. The van der Waals surface area contributed by atoms with Crippen molar-refractivity contribution in [2.45, 2.75) is 13.5 Å². The molecule has 0 atom stereocenters. The molecule has 0 spiro atoms. The second-order valence-corrected chi connectivity index (χ2v) is 4.11. The molecule has 0 aliphatic heterocycles. The summed E-state index contributed by atoms with van der Waals surface area (Å²) in [6.07, 6.45) is 1.78. The number of anilines is 1. The van der Waals surface area contributed by atoms with Crippen molar-refractivity contribution in [3.05, 3.63) is 16.5 Å². The minimum Gasteiger partial charge on any atom is -0.369 e.